The maximum atomic E-state index is 12.3. The van der Waals surface area contributed by atoms with Crippen LogP contribution in [0.2, 0.25) is 0 Å². The zero-order valence-corrected chi connectivity index (χ0v) is 13.5. The summed E-state index contributed by atoms with van der Waals surface area (Å²) in [7, 11) is 3.77. The van der Waals surface area contributed by atoms with Crippen molar-refractivity contribution >= 4 is 11.9 Å². The van der Waals surface area contributed by atoms with Crippen LogP contribution in [0.3, 0.4) is 0 Å². The van der Waals surface area contributed by atoms with Crippen molar-refractivity contribution in [1.29, 1.82) is 5.26 Å². The van der Waals surface area contributed by atoms with Crippen LogP contribution < -0.4 is 5.32 Å². The first kappa shape index (κ1) is 18.0. The Bertz CT molecular complexity index is 462. The largest absolute Gasteiger partial charge is 0.465 e. The molecule has 122 valence electrons. The van der Waals surface area contributed by atoms with Crippen molar-refractivity contribution in [2.75, 3.05) is 40.3 Å². The number of piperidine rings is 1. The molecule has 0 aromatic carbocycles. The number of likely N-dealkylation sites (tertiary alicyclic amines) is 1. The van der Waals surface area contributed by atoms with Gasteiger partial charge in [-0.05, 0) is 39.9 Å². The third-order valence-electron chi connectivity index (χ3n) is 3.71. The highest BCUT2D eigenvalue weighted by Crippen LogP contribution is 2.15. The topological polar surface area (TPSA) is 85.7 Å². The number of hydrogen-bond acceptors (Lipinski definition) is 6. The molecule has 0 bridgehead atoms. The van der Waals surface area contributed by atoms with Gasteiger partial charge in [0, 0.05) is 19.3 Å². The molecule has 1 N–H and O–H groups in total. The minimum Gasteiger partial charge on any atom is -0.465 e. The van der Waals surface area contributed by atoms with E-state index in [0.717, 1.165) is 25.9 Å². The Morgan fingerprint density at radius 3 is 2.64 bits per heavy atom. The molecule has 1 aliphatic rings. The first-order valence-electron chi connectivity index (χ1n) is 7.44. The Kier molecular flexibility index (Phi) is 7.40. The number of carbonyl (C=O) groups excluding carboxylic acids is 2. The molecule has 1 rings (SSSR count). The molecule has 0 saturated carbocycles. The van der Waals surface area contributed by atoms with Crippen LogP contribution >= 0.6 is 0 Å². The van der Waals surface area contributed by atoms with E-state index >= 15 is 0 Å². The highest BCUT2D eigenvalue weighted by molar-refractivity contribution is 5.97. The molecule has 1 saturated heterocycles. The number of nitrogens with one attached hydrogen (secondary N) is 1. The molecule has 7 nitrogen and oxygen atoms in total. The molecule has 0 aromatic heterocycles. The SMILES string of the molecule is CCOC(=O)CN/C=C(/C#N)C(=O)N(C)C1CCN(C)CC1. The highest BCUT2D eigenvalue weighted by Gasteiger charge is 2.25. The summed E-state index contributed by atoms with van der Waals surface area (Å²) in [6.07, 6.45) is 3.08. The van der Waals surface area contributed by atoms with Crippen LogP contribution in [0.4, 0.5) is 0 Å². The Morgan fingerprint density at radius 1 is 1.45 bits per heavy atom. The van der Waals surface area contributed by atoms with Gasteiger partial charge in [-0.1, -0.05) is 0 Å². The number of nitrogens with zero attached hydrogens (tertiary/aromatic N) is 3. The zero-order valence-electron chi connectivity index (χ0n) is 13.5. The van der Waals surface area contributed by atoms with Gasteiger partial charge in [0.25, 0.3) is 5.91 Å². The summed E-state index contributed by atoms with van der Waals surface area (Å²) < 4.78 is 4.76. The lowest BCUT2D eigenvalue weighted by Crippen LogP contribution is -2.45. The highest BCUT2D eigenvalue weighted by atomic mass is 16.5. The van der Waals surface area contributed by atoms with Crippen molar-refractivity contribution < 1.29 is 14.3 Å². The lowest BCUT2D eigenvalue weighted by atomic mass is 10.0. The lowest BCUT2D eigenvalue weighted by molar-refractivity contribution is -0.141. The number of esters is 1. The summed E-state index contributed by atoms with van der Waals surface area (Å²) in [5, 5.41) is 11.8. The minimum absolute atomic E-state index is 0.00859. The molecule has 0 atom stereocenters. The number of hydrogen-bond donors (Lipinski definition) is 1. The van der Waals surface area contributed by atoms with E-state index in [4.69, 9.17) is 10.00 Å². The fraction of sp³-hybridized carbons (Fsp3) is 0.667. The van der Waals surface area contributed by atoms with Crippen molar-refractivity contribution in [3.05, 3.63) is 11.8 Å². The number of rotatable bonds is 6. The number of amides is 1. The lowest BCUT2D eigenvalue weighted by Gasteiger charge is -2.34. The van der Waals surface area contributed by atoms with Crippen LogP contribution in [-0.2, 0) is 14.3 Å². The average Bonchev–Trinajstić information content (AvgIpc) is 2.51. The van der Waals surface area contributed by atoms with Gasteiger partial charge >= 0.3 is 5.97 Å². The van der Waals surface area contributed by atoms with Crippen LogP contribution in [0.15, 0.2) is 11.8 Å². The molecule has 0 radical (unpaired) electrons. The van der Waals surface area contributed by atoms with Gasteiger partial charge in [-0.25, -0.2) is 0 Å². The molecule has 0 aliphatic carbocycles. The number of carbonyl (C=O) groups is 2. The fourth-order valence-corrected chi connectivity index (χ4v) is 2.33. The van der Waals surface area contributed by atoms with E-state index in [1.54, 1.807) is 18.9 Å². The first-order chi connectivity index (χ1) is 10.5. The van der Waals surface area contributed by atoms with Gasteiger partial charge in [0.1, 0.15) is 18.2 Å². The standard InChI is InChI=1S/C15H24N4O3/c1-4-22-14(20)11-17-10-12(9-16)15(21)19(3)13-5-7-18(2)8-6-13/h10,13,17H,4-8,11H2,1-3H3/b12-10-. The molecule has 1 heterocycles. The van der Waals surface area contributed by atoms with E-state index in [1.807, 2.05) is 6.07 Å². The molecule has 22 heavy (non-hydrogen) atoms. The van der Waals surface area contributed by atoms with E-state index in [0.29, 0.717) is 6.61 Å². The zero-order chi connectivity index (χ0) is 16.5. The Labute approximate surface area is 131 Å². The number of nitriles is 1. The van der Waals surface area contributed by atoms with Gasteiger partial charge in [0.2, 0.25) is 0 Å². The predicted octanol–water partition coefficient (Wildman–Crippen LogP) is 0.0992. The van der Waals surface area contributed by atoms with Crippen LogP contribution in [-0.4, -0.2) is 68.1 Å². The summed E-state index contributed by atoms with van der Waals surface area (Å²) in [6, 6.07) is 2.03. The Balaban J connectivity index is 2.56. The second-order valence-corrected chi connectivity index (χ2v) is 5.31. The third kappa shape index (κ3) is 5.37. The molecular formula is C15H24N4O3. The van der Waals surface area contributed by atoms with Gasteiger partial charge in [-0.2, -0.15) is 5.26 Å². The maximum Gasteiger partial charge on any atom is 0.325 e. The molecular weight excluding hydrogens is 284 g/mol. The summed E-state index contributed by atoms with van der Waals surface area (Å²) >= 11 is 0. The van der Waals surface area contributed by atoms with E-state index in [2.05, 4.69) is 17.3 Å². The van der Waals surface area contributed by atoms with Crippen molar-refractivity contribution in [3.63, 3.8) is 0 Å². The van der Waals surface area contributed by atoms with E-state index < -0.39 is 5.97 Å². The maximum absolute atomic E-state index is 12.3. The molecule has 7 heteroatoms. The normalized spacial score (nSPS) is 16.7. The Hall–Kier alpha value is -2.07. The van der Waals surface area contributed by atoms with Crippen LogP contribution in [0, 0.1) is 11.3 Å². The quantitative estimate of drug-likeness (QED) is 0.425. The van der Waals surface area contributed by atoms with Crippen molar-refractivity contribution in [2.45, 2.75) is 25.8 Å². The predicted molar refractivity (Wildman–Crippen MR) is 81.6 cm³/mol. The van der Waals surface area contributed by atoms with Crippen molar-refractivity contribution in [3.8, 4) is 6.07 Å². The van der Waals surface area contributed by atoms with E-state index in [1.165, 1.54) is 6.20 Å². The summed E-state index contributed by atoms with van der Waals surface area (Å²) in [5.41, 5.74) is -0.00859. The minimum atomic E-state index is -0.424. The smallest absolute Gasteiger partial charge is 0.325 e. The van der Waals surface area contributed by atoms with Crippen molar-refractivity contribution in [2.24, 2.45) is 0 Å². The van der Waals surface area contributed by atoms with Gasteiger partial charge in [-0.15, -0.1) is 0 Å². The van der Waals surface area contributed by atoms with E-state index in [9.17, 15) is 9.59 Å². The average molecular weight is 308 g/mol. The molecule has 0 aromatic rings. The monoisotopic (exact) mass is 308 g/mol. The second-order valence-electron chi connectivity index (χ2n) is 5.31. The number of likely N-dealkylation sites (N-methyl/N-ethyl adjacent to an activating group) is 1. The fourth-order valence-electron chi connectivity index (χ4n) is 2.33. The molecule has 1 aliphatic heterocycles. The van der Waals surface area contributed by atoms with Gasteiger partial charge in [-0.3, -0.25) is 9.59 Å². The summed E-state index contributed by atoms with van der Waals surface area (Å²) in [5.74, 6) is -0.749. The molecule has 1 fully saturated rings. The first-order valence-corrected chi connectivity index (χ1v) is 7.44. The van der Waals surface area contributed by atoms with Gasteiger partial charge < -0.3 is 19.9 Å². The number of ether oxygens (including phenoxy) is 1. The van der Waals surface area contributed by atoms with Crippen LogP contribution in [0.1, 0.15) is 19.8 Å². The van der Waals surface area contributed by atoms with E-state index in [-0.39, 0.29) is 24.1 Å². The molecule has 0 unspecified atom stereocenters. The summed E-state index contributed by atoms with van der Waals surface area (Å²) in [6.45, 7) is 3.83. The Morgan fingerprint density at radius 2 is 2.09 bits per heavy atom. The van der Waals surface area contributed by atoms with Gasteiger partial charge in [0.15, 0.2) is 0 Å². The molecule has 0 spiro atoms. The molecule has 1 amide bonds. The van der Waals surface area contributed by atoms with Crippen LogP contribution in [0.25, 0.3) is 0 Å². The summed E-state index contributed by atoms with van der Waals surface area (Å²) in [4.78, 5) is 27.4. The van der Waals surface area contributed by atoms with Gasteiger partial charge in [0.05, 0.1) is 6.61 Å². The third-order valence-corrected chi connectivity index (χ3v) is 3.71. The van der Waals surface area contributed by atoms with Crippen molar-refractivity contribution in [1.82, 2.24) is 15.1 Å². The van der Waals surface area contributed by atoms with Crippen LogP contribution in [0.5, 0.6) is 0 Å². The second kappa shape index (κ2) is 9.05.